The molecule has 0 aliphatic carbocycles. The van der Waals surface area contributed by atoms with E-state index < -0.39 is 29.8 Å². The number of nitrogens with one attached hydrogen (secondary N) is 2. The molecule has 1 aliphatic heterocycles. The fraction of sp³-hybridized carbons (Fsp3) is 0.648. The summed E-state index contributed by atoms with van der Waals surface area (Å²) in [7, 11) is 0. The second-order valence-corrected chi connectivity index (χ2v) is 17.6. The molecular weight excluding hydrogens is 931 g/mol. The highest BCUT2D eigenvalue weighted by atomic mass is 16.7. The monoisotopic (exact) mass is 1010 g/mol. The van der Waals surface area contributed by atoms with Crippen LogP contribution in [-0.2, 0) is 84.8 Å². The Labute approximate surface area is 426 Å². The molecule has 1 fully saturated rings. The number of benzene rings is 2. The van der Waals surface area contributed by atoms with Gasteiger partial charge in [0.1, 0.15) is 19.3 Å². The molecule has 0 saturated carbocycles. The standard InChI is InChI=1S/C54H81N3O15/c58-48(55-32-34-66-36-38-68-40-42-69-41-39-67-37-35-65-33-31-53(63)72-57-50(60)29-30-51(57)61)28-27-47(54(64)71-44-46-23-17-14-18-24-46)56-49(59)25-19-11-9-7-5-3-1-2-4-6-8-10-12-20-26-52(62)70-43-45-21-15-13-16-22-45/h13-18,21-24,47H,1-12,19-20,25-44H2,(H,55,58)(H,56,59). The number of nitrogens with zero attached hydrogens (tertiary/aromatic N) is 1. The van der Waals surface area contributed by atoms with Crippen molar-refractivity contribution in [2.45, 2.75) is 154 Å². The number of hydroxylamine groups is 2. The predicted octanol–water partition coefficient (Wildman–Crippen LogP) is 7.18. The van der Waals surface area contributed by atoms with Gasteiger partial charge in [0.05, 0.1) is 72.5 Å². The summed E-state index contributed by atoms with van der Waals surface area (Å²) >= 11 is 0. The summed E-state index contributed by atoms with van der Waals surface area (Å²) in [6, 6.07) is 18.1. The maximum absolute atomic E-state index is 13.1. The Hall–Kier alpha value is -5.27. The lowest BCUT2D eigenvalue weighted by molar-refractivity contribution is -0.198. The zero-order valence-electron chi connectivity index (χ0n) is 42.5. The molecule has 1 aliphatic rings. The van der Waals surface area contributed by atoms with Crippen LogP contribution in [0.3, 0.4) is 0 Å². The van der Waals surface area contributed by atoms with E-state index in [-0.39, 0.29) is 82.9 Å². The maximum atomic E-state index is 13.1. The van der Waals surface area contributed by atoms with Crippen molar-refractivity contribution in [2.24, 2.45) is 0 Å². The molecule has 4 amide bonds. The summed E-state index contributed by atoms with van der Waals surface area (Å²) in [5.74, 6) is -2.97. The highest BCUT2D eigenvalue weighted by molar-refractivity contribution is 6.01. The van der Waals surface area contributed by atoms with Gasteiger partial charge in [-0.05, 0) is 30.4 Å². The largest absolute Gasteiger partial charge is 0.461 e. The third kappa shape index (κ3) is 31.9. The molecule has 0 radical (unpaired) electrons. The molecule has 18 heteroatoms. The summed E-state index contributed by atoms with van der Waals surface area (Å²) in [5.41, 5.74) is 1.84. The molecule has 402 valence electrons. The quantitative estimate of drug-likeness (QED) is 0.0381. The second-order valence-electron chi connectivity index (χ2n) is 17.6. The van der Waals surface area contributed by atoms with Crippen LogP contribution >= 0.6 is 0 Å². The average molecular weight is 1010 g/mol. The lowest BCUT2D eigenvalue weighted by Gasteiger charge is -2.18. The first-order valence-corrected chi connectivity index (χ1v) is 26.1. The van der Waals surface area contributed by atoms with E-state index in [1.165, 1.54) is 44.9 Å². The van der Waals surface area contributed by atoms with E-state index >= 15 is 0 Å². The van der Waals surface area contributed by atoms with E-state index in [9.17, 15) is 33.6 Å². The van der Waals surface area contributed by atoms with Gasteiger partial charge in [0.2, 0.25) is 11.8 Å². The van der Waals surface area contributed by atoms with E-state index in [0.717, 1.165) is 56.1 Å². The average Bonchev–Trinajstić information content (AvgIpc) is 3.70. The van der Waals surface area contributed by atoms with Gasteiger partial charge in [-0.1, -0.05) is 138 Å². The zero-order valence-corrected chi connectivity index (χ0v) is 42.5. The minimum Gasteiger partial charge on any atom is -0.461 e. The minimum atomic E-state index is -0.945. The van der Waals surface area contributed by atoms with Crippen LogP contribution in [0.5, 0.6) is 0 Å². The molecule has 1 unspecified atom stereocenters. The third-order valence-electron chi connectivity index (χ3n) is 11.5. The smallest absolute Gasteiger partial charge is 0.335 e. The Balaban J connectivity index is 1.11. The Morgan fingerprint density at radius 3 is 1.39 bits per heavy atom. The van der Waals surface area contributed by atoms with Crippen LogP contribution in [0.15, 0.2) is 60.7 Å². The number of carbonyl (C=O) groups is 7. The van der Waals surface area contributed by atoms with E-state index in [1.807, 2.05) is 60.7 Å². The van der Waals surface area contributed by atoms with Crippen molar-refractivity contribution >= 4 is 41.5 Å². The Bertz CT molecular complexity index is 1790. The van der Waals surface area contributed by atoms with E-state index in [2.05, 4.69) is 10.6 Å². The number of hydrogen-bond donors (Lipinski definition) is 2. The van der Waals surface area contributed by atoms with E-state index in [0.29, 0.717) is 70.8 Å². The van der Waals surface area contributed by atoms with Gasteiger partial charge in [0.15, 0.2) is 0 Å². The van der Waals surface area contributed by atoms with Gasteiger partial charge in [-0.2, -0.15) is 0 Å². The van der Waals surface area contributed by atoms with Crippen LogP contribution < -0.4 is 10.6 Å². The Kier molecular flexibility index (Phi) is 34.9. The molecule has 2 aromatic rings. The lowest BCUT2D eigenvalue weighted by Crippen LogP contribution is -2.42. The fourth-order valence-corrected chi connectivity index (χ4v) is 7.40. The summed E-state index contributed by atoms with van der Waals surface area (Å²) in [4.78, 5) is 90.0. The normalized spacial score (nSPS) is 12.7. The number of imide groups is 1. The molecule has 1 heterocycles. The van der Waals surface area contributed by atoms with Crippen LogP contribution in [0, 0.1) is 0 Å². The zero-order chi connectivity index (χ0) is 51.5. The van der Waals surface area contributed by atoms with Crippen LogP contribution in [0.25, 0.3) is 0 Å². The summed E-state index contributed by atoms with van der Waals surface area (Å²) < 4.78 is 38.1. The fourth-order valence-electron chi connectivity index (χ4n) is 7.40. The van der Waals surface area contributed by atoms with Crippen molar-refractivity contribution in [1.82, 2.24) is 15.7 Å². The molecule has 2 N–H and O–H groups in total. The summed E-state index contributed by atoms with van der Waals surface area (Å²) in [6.45, 7) is 3.69. The van der Waals surface area contributed by atoms with Crippen molar-refractivity contribution in [3.63, 3.8) is 0 Å². The molecular formula is C54H81N3O15. The molecule has 1 atom stereocenters. The first kappa shape index (κ1) is 61.0. The van der Waals surface area contributed by atoms with Crippen LogP contribution in [0.4, 0.5) is 0 Å². The van der Waals surface area contributed by atoms with Crippen LogP contribution in [-0.4, -0.2) is 125 Å². The number of rotatable bonds is 45. The molecule has 0 spiro atoms. The summed E-state index contributed by atoms with van der Waals surface area (Å²) in [5, 5.41) is 6.11. The number of amides is 4. The van der Waals surface area contributed by atoms with Gasteiger partial charge in [0.25, 0.3) is 11.8 Å². The molecule has 0 aromatic heterocycles. The topological polar surface area (TPSA) is 221 Å². The molecule has 18 nitrogen and oxygen atoms in total. The third-order valence-corrected chi connectivity index (χ3v) is 11.5. The van der Waals surface area contributed by atoms with Gasteiger partial charge >= 0.3 is 17.9 Å². The molecule has 72 heavy (non-hydrogen) atoms. The Morgan fingerprint density at radius 2 is 0.889 bits per heavy atom. The summed E-state index contributed by atoms with van der Waals surface area (Å²) in [6.07, 6.45) is 16.4. The highest BCUT2D eigenvalue weighted by Gasteiger charge is 2.32. The van der Waals surface area contributed by atoms with Gasteiger partial charge < -0.3 is 48.6 Å². The Morgan fingerprint density at radius 1 is 0.458 bits per heavy atom. The highest BCUT2D eigenvalue weighted by Crippen LogP contribution is 2.16. The van der Waals surface area contributed by atoms with Crippen molar-refractivity contribution < 1.29 is 71.6 Å². The first-order valence-electron chi connectivity index (χ1n) is 26.1. The molecule has 2 aromatic carbocycles. The van der Waals surface area contributed by atoms with Gasteiger partial charge in [-0.3, -0.25) is 24.0 Å². The van der Waals surface area contributed by atoms with Crippen LogP contribution in [0.1, 0.15) is 146 Å². The number of unbranched alkanes of at least 4 members (excludes halogenated alkanes) is 13. The second kappa shape index (κ2) is 41.2. The molecule has 1 saturated heterocycles. The minimum absolute atomic E-state index is 0.0234. The number of esters is 2. The van der Waals surface area contributed by atoms with Crippen molar-refractivity contribution in [2.75, 3.05) is 72.6 Å². The number of hydrogen-bond acceptors (Lipinski definition) is 15. The van der Waals surface area contributed by atoms with E-state index in [4.69, 9.17) is 38.0 Å². The van der Waals surface area contributed by atoms with Gasteiger partial charge in [0, 0.05) is 38.6 Å². The van der Waals surface area contributed by atoms with Gasteiger partial charge in [-0.25, -0.2) is 9.59 Å². The van der Waals surface area contributed by atoms with Crippen molar-refractivity contribution in [1.29, 1.82) is 0 Å². The first-order chi connectivity index (χ1) is 35.2. The molecule has 0 bridgehead atoms. The molecule has 3 rings (SSSR count). The van der Waals surface area contributed by atoms with Crippen LogP contribution in [0.2, 0.25) is 0 Å². The lowest BCUT2D eigenvalue weighted by atomic mass is 10.0. The maximum Gasteiger partial charge on any atom is 0.335 e. The van der Waals surface area contributed by atoms with Crippen molar-refractivity contribution in [3.8, 4) is 0 Å². The number of carbonyl (C=O) groups excluding carboxylic acids is 7. The SMILES string of the molecule is O=C(CCC(NC(=O)CCCCCCCCCCCCCCCCC(=O)OCc1ccccc1)C(=O)OCc1ccccc1)NCCOCCOCCOCCOCCOCCC(=O)ON1C(=O)CCC1=O. The predicted molar refractivity (Wildman–Crippen MR) is 266 cm³/mol. The van der Waals surface area contributed by atoms with E-state index in [1.54, 1.807) is 0 Å². The number of ether oxygens (including phenoxy) is 7. The van der Waals surface area contributed by atoms with Crippen molar-refractivity contribution in [3.05, 3.63) is 71.8 Å². The van der Waals surface area contributed by atoms with Gasteiger partial charge in [-0.15, -0.1) is 5.06 Å².